The summed E-state index contributed by atoms with van der Waals surface area (Å²) in [5.74, 6) is -1.79. The first-order valence-corrected chi connectivity index (χ1v) is 5.96. The van der Waals surface area contributed by atoms with Crippen molar-refractivity contribution in [2.24, 2.45) is 0 Å². The molecule has 0 amide bonds. The van der Waals surface area contributed by atoms with Crippen LogP contribution in [0.15, 0.2) is 18.2 Å². The molecule has 0 atom stereocenters. The van der Waals surface area contributed by atoms with Crippen LogP contribution in [0.25, 0.3) is 0 Å². The van der Waals surface area contributed by atoms with E-state index in [9.17, 15) is 13.6 Å². The van der Waals surface area contributed by atoms with Crippen LogP contribution in [0, 0.1) is 11.6 Å². The lowest BCUT2D eigenvalue weighted by Crippen LogP contribution is -2.28. The summed E-state index contributed by atoms with van der Waals surface area (Å²) in [5, 5.41) is 8.67. The fourth-order valence-corrected chi connectivity index (χ4v) is 1.95. The molecule has 1 aliphatic rings. The monoisotopic (exact) mass is 255 g/mol. The molecule has 0 saturated heterocycles. The lowest BCUT2D eigenvalue weighted by Gasteiger charge is -2.21. The summed E-state index contributed by atoms with van der Waals surface area (Å²) in [6.45, 7) is 0.636. The summed E-state index contributed by atoms with van der Waals surface area (Å²) in [4.78, 5) is 12.5. The zero-order valence-corrected chi connectivity index (χ0v) is 9.90. The van der Waals surface area contributed by atoms with Gasteiger partial charge in [-0.25, -0.2) is 8.78 Å². The maximum absolute atomic E-state index is 13.5. The molecule has 1 fully saturated rings. The van der Waals surface area contributed by atoms with E-state index in [0.717, 1.165) is 25.0 Å². The van der Waals surface area contributed by atoms with Gasteiger partial charge in [0.15, 0.2) is 0 Å². The standard InChI is InChI=1S/C13H15F2NO2/c14-10-1-4-12(15)9(7-10)8-16(11-2-3-11)6-5-13(17)18/h1,4,7,11H,2-3,5-6,8H2,(H,17,18). The summed E-state index contributed by atoms with van der Waals surface area (Å²) >= 11 is 0. The van der Waals surface area contributed by atoms with Crippen LogP contribution < -0.4 is 0 Å². The molecule has 0 bridgehead atoms. The summed E-state index contributed by atoms with van der Waals surface area (Å²) in [7, 11) is 0. The van der Waals surface area contributed by atoms with Gasteiger partial charge in [0.25, 0.3) is 0 Å². The van der Waals surface area contributed by atoms with E-state index in [1.54, 1.807) is 0 Å². The van der Waals surface area contributed by atoms with Gasteiger partial charge in [-0.1, -0.05) is 0 Å². The topological polar surface area (TPSA) is 40.5 Å². The molecular weight excluding hydrogens is 240 g/mol. The highest BCUT2D eigenvalue weighted by molar-refractivity contribution is 5.66. The molecule has 1 aromatic carbocycles. The zero-order chi connectivity index (χ0) is 13.1. The lowest BCUT2D eigenvalue weighted by atomic mass is 10.2. The van der Waals surface area contributed by atoms with E-state index in [1.807, 2.05) is 4.90 Å². The van der Waals surface area contributed by atoms with E-state index in [2.05, 4.69) is 0 Å². The number of hydrogen-bond acceptors (Lipinski definition) is 2. The fraction of sp³-hybridized carbons (Fsp3) is 0.462. The molecule has 5 heteroatoms. The summed E-state index contributed by atoms with van der Waals surface area (Å²) < 4.78 is 26.6. The third-order valence-corrected chi connectivity index (χ3v) is 3.06. The Morgan fingerprint density at radius 2 is 2.11 bits per heavy atom. The van der Waals surface area contributed by atoms with Crippen LogP contribution in [0.2, 0.25) is 0 Å². The highest BCUT2D eigenvalue weighted by Crippen LogP contribution is 2.29. The molecular formula is C13H15F2NO2. The maximum atomic E-state index is 13.5. The molecule has 2 rings (SSSR count). The van der Waals surface area contributed by atoms with E-state index in [1.165, 1.54) is 6.07 Å². The van der Waals surface area contributed by atoms with Crippen molar-refractivity contribution in [2.75, 3.05) is 6.54 Å². The molecule has 3 nitrogen and oxygen atoms in total. The van der Waals surface area contributed by atoms with Gasteiger partial charge in [-0.3, -0.25) is 9.69 Å². The second-order valence-electron chi connectivity index (χ2n) is 4.58. The van der Waals surface area contributed by atoms with Crippen molar-refractivity contribution in [1.82, 2.24) is 4.90 Å². The molecule has 0 aromatic heterocycles. The van der Waals surface area contributed by atoms with Crippen LogP contribution in [0.1, 0.15) is 24.8 Å². The number of carbonyl (C=O) groups is 1. The average Bonchev–Trinajstić information content (AvgIpc) is 3.12. The summed E-state index contributed by atoms with van der Waals surface area (Å²) in [6.07, 6.45) is 2.01. The van der Waals surface area contributed by atoms with E-state index in [-0.39, 0.29) is 18.5 Å². The Kier molecular flexibility index (Phi) is 3.91. The normalized spacial score (nSPS) is 15.1. The van der Waals surface area contributed by atoms with Crippen LogP contribution in [0.3, 0.4) is 0 Å². The molecule has 98 valence electrons. The Morgan fingerprint density at radius 1 is 1.39 bits per heavy atom. The van der Waals surface area contributed by atoms with Gasteiger partial charge >= 0.3 is 5.97 Å². The molecule has 18 heavy (non-hydrogen) atoms. The Bertz CT molecular complexity index is 447. The highest BCUT2D eigenvalue weighted by Gasteiger charge is 2.29. The number of rotatable bonds is 6. The van der Waals surface area contributed by atoms with Crippen LogP contribution in [-0.2, 0) is 11.3 Å². The second-order valence-corrected chi connectivity index (χ2v) is 4.58. The first-order valence-electron chi connectivity index (χ1n) is 5.96. The van der Waals surface area contributed by atoms with Gasteiger partial charge in [0.2, 0.25) is 0 Å². The van der Waals surface area contributed by atoms with Gasteiger partial charge in [0.1, 0.15) is 11.6 Å². The predicted molar refractivity (Wildman–Crippen MR) is 62.0 cm³/mol. The second kappa shape index (κ2) is 5.44. The molecule has 1 aliphatic carbocycles. The highest BCUT2D eigenvalue weighted by atomic mass is 19.1. The van der Waals surface area contributed by atoms with Gasteiger partial charge in [-0.05, 0) is 31.0 Å². The van der Waals surface area contributed by atoms with Crippen LogP contribution in [0.5, 0.6) is 0 Å². The van der Waals surface area contributed by atoms with Gasteiger partial charge in [0.05, 0.1) is 6.42 Å². The fourth-order valence-electron chi connectivity index (χ4n) is 1.95. The van der Waals surface area contributed by atoms with Crippen molar-refractivity contribution < 1.29 is 18.7 Å². The third kappa shape index (κ3) is 3.50. The molecule has 0 radical (unpaired) electrons. The minimum atomic E-state index is -0.875. The molecule has 0 heterocycles. The minimum absolute atomic E-state index is 0.0213. The maximum Gasteiger partial charge on any atom is 0.304 e. The Hall–Kier alpha value is -1.49. The minimum Gasteiger partial charge on any atom is -0.481 e. The first-order chi connectivity index (χ1) is 8.56. The number of aliphatic carboxylic acids is 1. The Labute approximate surface area is 104 Å². The van der Waals surface area contributed by atoms with Gasteiger partial charge in [0, 0.05) is 24.7 Å². The average molecular weight is 255 g/mol. The van der Waals surface area contributed by atoms with Crippen LogP contribution in [-0.4, -0.2) is 28.6 Å². The molecule has 1 saturated carbocycles. The number of benzene rings is 1. The molecule has 1 N–H and O–H groups in total. The van der Waals surface area contributed by atoms with Gasteiger partial charge < -0.3 is 5.11 Å². The van der Waals surface area contributed by atoms with Crippen molar-refractivity contribution in [3.05, 3.63) is 35.4 Å². The van der Waals surface area contributed by atoms with E-state index in [0.29, 0.717) is 12.6 Å². The van der Waals surface area contributed by atoms with Crippen molar-refractivity contribution in [2.45, 2.75) is 31.8 Å². The smallest absolute Gasteiger partial charge is 0.304 e. The van der Waals surface area contributed by atoms with Crippen molar-refractivity contribution in [3.8, 4) is 0 Å². The lowest BCUT2D eigenvalue weighted by molar-refractivity contribution is -0.137. The third-order valence-electron chi connectivity index (χ3n) is 3.06. The van der Waals surface area contributed by atoms with Crippen molar-refractivity contribution >= 4 is 5.97 Å². The molecule has 1 aromatic rings. The van der Waals surface area contributed by atoms with E-state index < -0.39 is 17.6 Å². The SMILES string of the molecule is O=C(O)CCN(Cc1cc(F)ccc1F)C1CC1. The van der Waals surface area contributed by atoms with E-state index in [4.69, 9.17) is 5.11 Å². The van der Waals surface area contributed by atoms with Crippen molar-refractivity contribution in [1.29, 1.82) is 0 Å². The quantitative estimate of drug-likeness (QED) is 0.848. The number of hydrogen-bond donors (Lipinski definition) is 1. The molecule has 0 spiro atoms. The summed E-state index contributed by atoms with van der Waals surface area (Å²) in [6, 6.07) is 3.67. The van der Waals surface area contributed by atoms with E-state index >= 15 is 0 Å². The van der Waals surface area contributed by atoms with Crippen LogP contribution >= 0.6 is 0 Å². The van der Waals surface area contributed by atoms with Gasteiger partial charge in [-0.15, -0.1) is 0 Å². The summed E-state index contributed by atoms with van der Waals surface area (Å²) in [5.41, 5.74) is 0.285. The Balaban J connectivity index is 2.03. The molecule has 0 unspecified atom stereocenters. The predicted octanol–water partition coefficient (Wildman–Crippen LogP) is 2.40. The van der Waals surface area contributed by atoms with Gasteiger partial charge in [-0.2, -0.15) is 0 Å². The number of carboxylic acid groups (broad SMARTS) is 1. The largest absolute Gasteiger partial charge is 0.481 e. The first kappa shape index (κ1) is 13.0. The van der Waals surface area contributed by atoms with Crippen LogP contribution in [0.4, 0.5) is 8.78 Å². The number of carboxylic acids is 1. The number of nitrogens with zero attached hydrogens (tertiary/aromatic N) is 1. The number of halogens is 2. The van der Waals surface area contributed by atoms with Crippen molar-refractivity contribution in [3.63, 3.8) is 0 Å². The molecule has 0 aliphatic heterocycles. The zero-order valence-electron chi connectivity index (χ0n) is 9.90. The Morgan fingerprint density at radius 3 is 2.72 bits per heavy atom.